The van der Waals surface area contributed by atoms with Crippen LogP contribution in [0.2, 0.25) is 0 Å². The second kappa shape index (κ2) is 6.93. The molecule has 1 aliphatic rings. The SMILES string of the molecule is C(=C(Nc1ccc2ccccc2c1)c1ccccc1)C1=NCCS1. The van der Waals surface area contributed by atoms with Crippen molar-refractivity contribution in [1.29, 1.82) is 0 Å². The molecule has 24 heavy (non-hydrogen) atoms. The van der Waals surface area contributed by atoms with Crippen LogP contribution in [0.3, 0.4) is 0 Å². The molecule has 1 N–H and O–H groups in total. The highest BCUT2D eigenvalue weighted by Crippen LogP contribution is 2.25. The normalized spacial score (nSPS) is 14.7. The maximum absolute atomic E-state index is 4.56. The van der Waals surface area contributed by atoms with Gasteiger partial charge in [0.25, 0.3) is 0 Å². The van der Waals surface area contributed by atoms with Gasteiger partial charge in [0.05, 0.1) is 5.04 Å². The lowest BCUT2D eigenvalue weighted by Crippen LogP contribution is -2.01. The Balaban J connectivity index is 1.70. The van der Waals surface area contributed by atoms with Crippen LogP contribution in [0, 0.1) is 0 Å². The van der Waals surface area contributed by atoms with Gasteiger partial charge in [-0.15, -0.1) is 11.8 Å². The molecule has 1 heterocycles. The van der Waals surface area contributed by atoms with Crippen molar-refractivity contribution >= 4 is 39.0 Å². The average molecular weight is 330 g/mol. The molecule has 4 rings (SSSR count). The first-order chi connectivity index (χ1) is 11.9. The van der Waals surface area contributed by atoms with Gasteiger partial charge in [-0.05, 0) is 34.5 Å². The fraction of sp³-hybridized carbons (Fsp3) is 0.0952. The van der Waals surface area contributed by atoms with Crippen LogP contribution in [-0.4, -0.2) is 17.3 Å². The summed E-state index contributed by atoms with van der Waals surface area (Å²) in [7, 11) is 0. The van der Waals surface area contributed by atoms with Crippen LogP contribution >= 0.6 is 11.8 Å². The number of nitrogens with zero attached hydrogens (tertiary/aromatic N) is 1. The van der Waals surface area contributed by atoms with Gasteiger partial charge in [-0.3, -0.25) is 4.99 Å². The number of hydrogen-bond acceptors (Lipinski definition) is 3. The lowest BCUT2D eigenvalue weighted by atomic mass is 10.1. The van der Waals surface area contributed by atoms with Crippen molar-refractivity contribution in [2.45, 2.75) is 0 Å². The first-order valence-corrected chi connectivity index (χ1v) is 9.07. The molecule has 0 saturated heterocycles. The van der Waals surface area contributed by atoms with Crippen molar-refractivity contribution in [2.75, 3.05) is 17.6 Å². The molecule has 1 aliphatic heterocycles. The Bertz CT molecular complexity index is 913. The molecule has 0 fully saturated rings. The van der Waals surface area contributed by atoms with E-state index in [1.54, 1.807) is 0 Å². The average Bonchev–Trinajstić information content (AvgIpc) is 3.15. The highest BCUT2D eigenvalue weighted by Gasteiger charge is 2.08. The van der Waals surface area contributed by atoms with E-state index in [1.807, 2.05) is 17.8 Å². The van der Waals surface area contributed by atoms with Gasteiger partial charge in [0, 0.05) is 23.7 Å². The highest BCUT2D eigenvalue weighted by molar-refractivity contribution is 8.14. The van der Waals surface area contributed by atoms with E-state index in [1.165, 1.54) is 16.3 Å². The maximum Gasteiger partial charge on any atom is 0.0926 e. The predicted octanol–water partition coefficient (Wildman–Crippen LogP) is 5.44. The predicted molar refractivity (Wildman–Crippen MR) is 107 cm³/mol. The Morgan fingerprint density at radius 3 is 2.50 bits per heavy atom. The van der Waals surface area contributed by atoms with Crippen molar-refractivity contribution < 1.29 is 0 Å². The second-order valence-electron chi connectivity index (χ2n) is 5.68. The van der Waals surface area contributed by atoms with Crippen molar-refractivity contribution in [3.8, 4) is 0 Å². The number of nitrogens with one attached hydrogen (secondary N) is 1. The number of benzene rings is 3. The first-order valence-electron chi connectivity index (χ1n) is 8.09. The van der Waals surface area contributed by atoms with E-state index in [0.29, 0.717) is 0 Å². The molecule has 0 amide bonds. The van der Waals surface area contributed by atoms with E-state index in [0.717, 1.165) is 28.7 Å². The minimum absolute atomic E-state index is 0.911. The summed E-state index contributed by atoms with van der Waals surface area (Å²) in [6.07, 6.45) is 2.15. The molecule has 0 radical (unpaired) electrons. The summed E-state index contributed by atoms with van der Waals surface area (Å²) in [4.78, 5) is 4.56. The molecule has 3 heteroatoms. The molecule has 118 valence electrons. The fourth-order valence-corrected chi connectivity index (χ4v) is 3.57. The first kappa shape index (κ1) is 15.0. The van der Waals surface area contributed by atoms with Crippen LogP contribution in [0.1, 0.15) is 5.56 Å². The van der Waals surface area contributed by atoms with Gasteiger partial charge in [-0.25, -0.2) is 0 Å². The molecule has 0 aliphatic carbocycles. The zero-order valence-corrected chi connectivity index (χ0v) is 14.1. The molecule has 3 aromatic carbocycles. The molecule has 0 saturated carbocycles. The Morgan fingerprint density at radius 2 is 1.71 bits per heavy atom. The van der Waals surface area contributed by atoms with E-state index in [9.17, 15) is 0 Å². The summed E-state index contributed by atoms with van der Waals surface area (Å²) < 4.78 is 0. The quantitative estimate of drug-likeness (QED) is 0.689. The van der Waals surface area contributed by atoms with E-state index in [-0.39, 0.29) is 0 Å². The van der Waals surface area contributed by atoms with Crippen LogP contribution < -0.4 is 5.32 Å². The zero-order chi connectivity index (χ0) is 16.2. The molecule has 0 unspecified atom stereocenters. The number of hydrogen-bond donors (Lipinski definition) is 1. The number of rotatable bonds is 4. The topological polar surface area (TPSA) is 24.4 Å². The molecule has 2 nitrogen and oxygen atoms in total. The van der Waals surface area contributed by atoms with Gasteiger partial charge >= 0.3 is 0 Å². The second-order valence-corrected chi connectivity index (χ2v) is 6.79. The Labute approximate surface area is 146 Å². The third-order valence-electron chi connectivity index (χ3n) is 3.99. The maximum atomic E-state index is 4.56. The molecule has 0 bridgehead atoms. The Kier molecular flexibility index (Phi) is 4.34. The Morgan fingerprint density at radius 1 is 0.917 bits per heavy atom. The summed E-state index contributed by atoms with van der Waals surface area (Å²) in [6, 6.07) is 25.3. The molecule has 0 aromatic heterocycles. The summed E-state index contributed by atoms with van der Waals surface area (Å²) in [6.45, 7) is 0.911. The van der Waals surface area contributed by atoms with Crippen LogP contribution in [-0.2, 0) is 0 Å². The fourth-order valence-electron chi connectivity index (χ4n) is 2.79. The van der Waals surface area contributed by atoms with Crippen molar-refractivity contribution in [1.82, 2.24) is 0 Å². The summed E-state index contributed by atoms with van der Waals surface area (Å²) in [5.41, 5.74) is 3.34. The molecule has 0 spiro atoms. The van der Waals surface area contributed by atoms with Gasteiger partial charge in [-0.1, -0.05) is 60.7 Å². The van der Waals surface area contributed by atoms with E-state index >= 15 is 0 Å². The lowest BCUT2D eigenvalue weighted by Gasteiger charge is -2.12. The molecule has 0 atom stereocenters. The van der Waals surface area contributed by atoms with E-state index in [4.69, 9.17) is 0 Å². The standard InChI is InChI=1S/C21H18N2S/c1-2-7-17(8-3-1)20(15-21-22-12-13-24-21)23-19-11-10-16-6-4-5-9-18(16)14-19/h1-11,14-15,23H,12-13H2. The van der Waals surface area contributed by atoms with Gasteiger partial charge in [0.15, 0.2) is 0 Å². The van der Waals surface area contributed by atoms with Crippen molar-refractivity contribution in [3.05, 3.63) is 84.4 Å². The molecule has 3 aromatic rings. The third-order valence-corrected chi connectivity index (χ3v) is 4.92. The van der Waals surface area contributed by atoms with E-state index < -0.39 is 0 Å². The van der Waals surface area contributed by atoms with Gasteiger partial charge in [-0.2, -0.15) is 0 Å². The smallest absolute Gasteiger partial charge is 0.0926 e. The van der Waals surface area contributed by atoms with Crippen molar-refractivity contribution in [3.63, 3.8) is 0 Å². The highest BCUT2D eigenvalue weighted by atomic mass is 32.2. The van der Waals surface area contributed by atoms with Crippen LogP contribution in [0.4, 0.5) is 5.69 Å². The molecular weight excluding hydrogens is 312 g/mol. The van der Waals surface area contributed by atoms with Crippen LogP contribution in [0.15, 0.2) is 83.9 Å². The number of thioether (sulfide) groups is 1. The van der Waals surface area contributed by atoms with Gasteiger partial charge in [0.2, 0.25) is 0 Å². The van der Waals surface area contributed by atoms with Crippen LogP contribution in [0.25, 0.3) is 16.5 Å². The van der Waals surface area contributed by atoms with Gasteiger partial charge < -0.3 is 5.32 Å². The van der Waals surface area contributed by atoms with Crippen LogP contribution in [0.5, 0.6) is 0 Å². The molecular formula is C21H18N2S. The monoisotopic (exact) mass is 330 g/mol. The largest absolute Gasteiger partial charge is 0.355 e. The Hall–Kier alpha value is -2.52. The number of anilines is 1. The third kappa shape index (κ3) is 3.36. The van der Waals surface area contributed by atoms with E-state index in [2.05, 4.69) is 83.1 Å². The minimum Gasteiger partial charge on any atom is -0.355 e. The van der Waals surface area contributed by atoms with Gasteiger partial charge in [0.1, 0.15) is 0 Å². The summed E-state index contributed by atoms with van der Waals surface area (Å²) in [5.74, 6) is 1.07. The number of fused-ring (bicyclic) bond motifs is 1. The summed E-state index contributed by atoms with van der Waals surface area (Å²) in [5, 5.41) is 7.17. The summed E-state index contributed by atoms with van der Waals surface area (Å²) >= 11 is 1.81. The lowest BCUT2D eigenvalue weighted by molar-refractivity contribution is 1.18. The van der Waals surface area contributed by atoms with Crippen molar-refractivity contribution in [2.24, 2.45) is 4.99 Å². The minimum atomic E-state index is 0.911. The zero-order valence-electron chi connectivity index (χ0n) is 13.3. The number of aliphatic imine (C=N–C) groups is 1.